The predicted octanol–water partition coefficient (Wildman–Crippen LogP) is 2.66. The van der Waals surface area contributed by atoms with Gasteiger partial charge in [-0.15, -0.1) is 11.3 Å². The number of primary amides is 1. The second kappa shape index (κ2) is 9.32. The highest BCUT2D eigenvalue weighted by molar-refractivity contribution is 7.17. The van der Waals surface area contributed by atoms with E-state index in [1.54, 1.807) is 6.92 Å². The molecule has 27 heavy (non-hydrogen) atoms. The van der Waals surface area contributed by atoms with Crippen LogP contribution in [0.15, 0.2) is 0 Å². The average Bonchev–Trinajstić information content (AvgIpc) is 3.14. The Hall–Kier alpha value is -1.93. The second-order valence-electron chi connectivity index (χ2n) is 7.19. The van der Waals surface area contributed by atoms with Gasteiger partial charge in [0.25, 0.3) is 11.8 Å². The number of hydrogen-bond acceptors (Lipinski definition) is 6. The van der Waals surface area contributed by atoms with Crippen LogP contribution in [0.2, 0.25) is 0 Å². The van der Waals surface area contributed by atoms with Gasteiger partial charge in [-0.2, -0.15) is 0 Å². The molecule has 3 N–H and O–H groups in total. The lowest BCUT2D eigenvalue weighted by atomic mass is 10.1. The van der Waals surface area contributed by atoms with Crippen molar-refractivity contribution in [3.8, 4) is 0 Å². The summed E-state index contributed by atoms with van der Waals surface area (Å²) in [5.41, 5.74) is 6.80. The van der Waals surface area contributed by atoms with Crippen molar-refractivity contribution in [1.29, 1.82) is 0 Å². The highest BCUT2D eigenvalue weighted by atomic mass is 32.1. The maximum Gasteiger partial charge on any atom is 0.335 e. The van der Waals surface area contributed by atoms with Gasteiger partial charge in [0.05, 0.1) is 5.56 Å². The van der Waals surface area contributed by atoms with Gasteiger partial charge in [-0.3, -0.25) is 9.59 Å². The van der Waals surface area contributed by atoms with Gasteiger partial charge in [0.15, 0.2) is 12.2 Å². The van der Waals surface area contributed by atoms with Crippen molar-refractivity contribution < 1.29 is 23.9 Å². The summed E-state index contributed by atoms with van der Waals surface area (Å²) in [7, 11) is 0. The molecular formula is C19H28N2O5S. The maximum absolute atomic E-state index is 12.4. The fourth-order valence-electron chi connectivity index (χ4n) is 2.84. The topological polar surface area (TPSA) is 108 Å². The number of carbonyl (C=O) groups is 3. The number of fused-ring (bicyclic) bond motifs is 1. The summed E-state index contributed by atoms with van der Waals surface area (Å²) in [4.78, 5) is 37.3. The molecule has 0 saturated heterocycles. The minimum Gasteiger partial charge on any atom is -0.451 e. The van der Waals surface area contributed by atoms with Gasteiger partial charge in [0.1, 0.15) is 5.00 Å². The van der Waals surface area contributed by atoms with E-state index in [1.807, 2.05) is 0 Å². The number of rotatable bonds is 9. The Morgan fingerprint density at radius 3 is 2.48 bits per heavy atom. The highest BCUT2D eigenvalue weighted by Crippen LogP contribution is 2.38. The fraction of sp³-hybridized carbons (Fsp3) is 0.632. The normalized spacial score (nSPS) is 15.3. The van der Waals surface area contributed by atoms with Crippen molar-refractivity contribution in [2.24, 2.45) is 11.7 Å². The number of anilines is 1. The van der Waals surface area contributed by atoms with Crippen molar-refractivity contribution in [3.63, 3.8) is 0 Å². The molecule has 1 aliphatic rings. The van der Waals surface area contributed by atoms with Crippen LogP contribution in [0.5, 0.6) is 0 Å². The Kier molecular flexibility index (Phi) is 7.38. The zero-order chi connectivity index (χ0) is 20.1. The summed E-state index contributed by atoms with van der Waals surface area (Å²) in [5.74, 6) is -1.17. The first kappa shape index (κ1) is 21.4. The molecule has 1 aromatic heterocycles. The quantitative estimate of drug-likeness (QED) is 0.624. The molecule has 0 aromatic carbocycles. The van der Waals surface area contributed by atoms with E-state index in [4.69, 9.17) is 15.2 Å². The number of nitrogens with two attached hydrogens (primary N) is 1. The average molecular weight is 397 g/mol. The van der Waals surface area contributed by atoms with Crippen molar-refractivity contribution in [1.82, 2.24) is 0 Å². The van der Waals surface area contributed by atoms with E-state index in [1.165, 1.54) is 18.3 Å². The number of esters is 1. The smallest absolute Gasteiger partial charge is 0.335 e. The first-order valence-electron chi connectivity index (χ1n) is 9.28. The predicted molar refractivity (Wildman–Crippen MR) is 104 cm³/mol. The zero-order valence-corrected chi connectivity index (χ0v) is 17.1. The van der Waals surface area contributed by atoms with Crippen LogP contribution < -0.4 is 11.1 Å². The molecule has 1 aliphatic carbocycles. The molecule has 0 saturated carbocycles. The number of amides is 2. The van der Waals surface area contributed by atoms with Crippen molar-refractivity contribution >= 4 is 34.1 Å². The van der Waals surface area contributed by atoms with E-state index in [-0.39, 0.29) is 0 Å². The molecule has 8 heteroatoms. The molecule has 2 amide bonds. The van der Waals surface area contributed by atoms with E-state index in [2.05, 4.69) is 19.2 Å². The molecule has 1 aromatic rings. The first-order chi connectivity index (χ1) is 12.7. The van der Waals surface area contributed by atoms with Crippen LogP contribution in [0.3, 0.4) is 0 Å². The molecule has 7 nitrogen and oxygen atoms in total. The van der Waals surface area contributed by atoms with Gasteiger partial charge in [0, 0.05) is 11.5 Å². The second-order valence-corrected chi connectivity index (χ2v) is 8.29. The van der Waals surface area contributed by atoms with Gasteiger partial charge in [-0.1, -0.05) is 13.8 Å². The number of thiophene rings is 1. The molecule has 0 aliphatic heterocycles. The molecule has 0 bridgehead atoms. The molecule has 0 fully saturated rings. The molecule has 2 unspecified atom stereocenters. The van der Waals surface area contributed by atoms with E-state index in [9.17, 15) is 14.4 Å². The molecule has 150 valence electrons. The van der Waals surface area contributed by atoms with Crippen LogP contribution in [0.25, 0.3) is 0 Å². The van der Waals surface area contributed by atoms with E-state index < -0.39 is 30.0 Å². The Balaban J connectivity index is 1.92. The van der Waals surface area contributed by atoms with Crippen LogP contribution in [0.1, 0.15) is 61.3 Å². The van der Waals surface area contributed by atoms with Crippen molar-refractivity contribution in [3.05, 3.63) is 16.0 Å². The van der Waals surface area contributed by atoms with E-state index >= 15 is 0 Å². The summed E-state index contributed by atoms with van der Waals surface area (Å²) in [6.45, 7) is 7.68. The molecule has 0 spiro atoms. The SMILES string of the molecule is CC(C)CCOC(C)C(=O)OC(C)C(=O)Nc1sc2c(c1C(N)=O)CCC2. The number of ether oxygens (including phenoxy) is 2. The third-order valence-electron chi connectivity index (χ3n) is 4.46. The van der Waals surface area contributed by atoms with Gasteiger partial charge in [-0.25, -0.2) is 4.79 Å². The monoisotopic (exact) mass is 396 g/mol. The van der Waals surface area contributed by atoms with Crippen molar-refractivity contribution in [2.75, 3.05) is 11.9 Å². The molecule has 0 radical (unpaired) electrons. The Morgan fingerprint density at radius 1 is 1.15 bits per heavy atom. The minimum atomic E-state index is -1.01. The summed E-state index contributed by atoms with van der Waals surface area (Å²) in [6, 6.07) is 0. The first-order valence-corrected chi connectivity index (χ1v) is 10.1. The standard InChI is InChI=1S/C19H28N2O5S/c1-10(2)8-9-25-12(4)19(24)26-11(3)17(23)21-18-15(16(20)22)13-6-5-7-14(13)27-18/h10-12H,5-9H2,1-4H3,(H2,20,22)(H,21,23). The largest absolute Gasteiger partial charge is 0.451 e. The Labute approximate surface area is 163 Å². The lowest BCUT2D eigenvalue weighted by Crippen LogP contribution is -2.34. The summed E-state index contributed by atoms with van der Waals surface area (Å²) in [5, 5.41) is 3.12. The van der Waals surface area contributed by atoms with Crippen LogP contribution in [0, 0.1) is 5.92 Å². The maximum atomic E-state index is 12.4. The van der Waals surface area contributed by atoms with E-state index in [0.29, 0.717) is 23.1 Å². The molecular weight excluding hydrogens is 368 g/mol. The van der Waals surface area contributed by atoms with Crippen LogP contribution in [0.4, 0.5) is 5.00 Å². The minimum absolute atomic E-state index is 0.379. The van der Waals surface area contributed by atoms with Crippen LogP contribution in [-0.2, 0) is 31.9 Å². The van der Waals surface area contributed by atoms with Gasteiger partial charge < -0.3 is 20.5 Å². The van der Waals surface area contributed by atoms with Gasteiger partial charge >= 0.3 is 5.97 Å². The van der Waals surface area contributed by atoms with Crippen LogP contribution in [-0.4, -0.2) is 36.6 Å². The zero-order valence-electron chi connectivity index (χ0n) is 16.3. The van der Waals surface area contributed by atoms with Gasteiger partial charge in [0.2, 0.25) is 0 Å². The van der Waals surface area contributed by atoms with E-state index in [0.717, 1.165) is 36.1 Å². The third kappa shape index (κ3) is 5.52. The van der Waals surface area contributed by atoms with Crippen LogP contribution >= 0.6 is 11.3 Å². The third-order valence-corrected chi connectivity index (χ3v) is 5.67. The fourth-order valence-corrected chi connectivity index (χ4v) is 4.14. The highest BCUT2D eigenvalue weighted by Gasteiger charge is 2.28. The Morgan fingerprint density at radius 2 is 1.85 bits per heavy atom. The molecule has 1 heterocycles. The molecule has 2 atom stereocenters. The lowest BCUT2D eigenvalue weighted by molar-refractivity contribution is -0.163. The summed E-state index contributed by atoms with van der Waals surface area (Å²) in [6.07, 6.45) is 1.74. The number of carbonyl (C=O) groups excluding carboxylic acids is 3. The summed E-state index contributed by atoms with van der Waals surface area (Å²) >= 11 is 1.36. The number of aryl methyl sites for hydroxylation is 1. The number of hydrogen-bond donors (Lipinski definition) is 2. The molecule has 2 rings (SSSR count). The Bertz CT molecular complexity index is 713. The van der Waals surface area contributed by atoms with Gasteiger partial charge in [-0.05, 0) is 51.0 Å². The number of nitrogens with one attached hydrogen (secondary N) is 1. The van der Waals surface area contributed by atoms with Crippen molar-refractivity contribution in [2.45, 2.75) is 65.6 Å². The summed E-state index contributed by atoms with van der Waals surface area (Å²) < 4.78 is 10.6. The lowest BCUT2D eigenvalue weighted by Gasteiger charge is -2.17.